The summed E-state index contributed by atoms with van der Waals surface area (Å²) in [6.45, 7) is 1.08. The second kappa shape index (κ2) is 6.35. The summed E-state index contributed by atoms with van der Waals surface area (Å²) < 4.78 is 19.6. The second-order valence-corrected chi connectivity index (χ2v) is 6.49. The molecule has 1 aromatic rings. The minimum Gasteiger partial charge on any atom is -0.490 e. The number of benzene rings is 1. The minimum atomic E-state index is -1.18. The van der Waals surface area contributed by atoms with E-state index in [2.05, 4.69) is 0 Å². The highest BCUT2D eigenvalue weighted by Crippen LogP contribution is 2.53. The van der Waals surface area contributed by atoms with Crippen LogP contribution in [0.25, 0.3) is 0 Å². The number of hydrogen-bond donors (Lipinski definition) is 2. The Morgan fingerprint density at radius 3 is 2.48 bits per heavy atom. The van der Waals surface area contributed by atoms with Crippen molar-refractivity contribution in [3.63, 3.8) is 0 Å². The third kappa shape index (κ3) is 2.62. The molecule has 3 unspecified atom stereocenters. The average Bonchev–Trinajstić information content (AvgIpc) is 3.00. The summed E-state index contributed by atoms with van der Waals surface area (Å²) in [5, 5.41) is 0. The maximum absolute atomic E-state index is 13.7. The molecule has 1 aliphatic heterocycles. The molecule has 0 aromatic heterocycles. The van der Waals surface area contributed by atoms with Crippen molar-refractivity contribution >= 4 is 11.8 Å². The van der Waals surface area contributed by atoms with Crippen LogP contribution >= 0.6 is 0 Å². The lowest BCUT2D eigenvalue weighted by Gasteiger charge is -2.34. The molecule has 5 nitrogen and oxygen atoms in total. The highest BCUT2D eigenvalue weighted by atomic mass is 19.1. The predicted octanol–water partition coefficient (Wildman–Crippen LogP) is 2.09. The Morgan fingerprint density at radius 1 is 1.28 bits per heavy atom. The third-order valence-corrected chi connectivity index (χ3v) is 5.20. The summed E-state index contributed by atoms with van der Waals surface area (Å²) in [5.74, 6) is -1.24. The van der Waals surface area contributed by atoms with Gasteiger partial charge in [0.1, 0.15) is 24.0 Å². The molecule has 2 amide bonds. The minimum absolute atomic E-state index is 0.0769. The Balaban J connectivity index is 2.21. The van der Waals surface area contributed by atoms with Gasteiger partial charge < -0.3 is 16.2 Å². The van der Waals surface area contributed by atoms with Crippen molar-refractivity contribution in [2.24, 2.45) is 16.9 Å². The number of nitrogens with two attached hydrogens (primary N) is 2. The molecule has 0 saturated carbocycles. The van der Waals surface area contributed by atoms with Crippen LogP contribution in [0.1, 0.15) is 31.2 Å². The fourth-order valence-electron chi connectivity index (χ4n) is 3.81. The van der Waals surface area contributed by atoms with Gasteiger partial charge in [0.15, 0.2) is 0 Å². The van der Waals surface area contributed by atoms with E-state index < -0.39 is 35.9 Å². The van der Waals surface area contributed by atoms with E-state index in [-0.39, 0.29) is 6.42 Å². The molecule has 1 aliphatic carbocycles. The van der Waals surface area contributed by atoms with Crippen LogP contribution in [0.5, 0.6) is 0 Å². The van der Waals surface area contributed by atoms with E-state index in [0.29, 0.717) is 23.3 Å². The average molecular weight is 344 g/mol. The van der Waals surface area contributed by atoms with Crippen LogP contribution in [0.2, 0.25) is 0 Å². The molecule has 0 saturated heterocycles. The lowest BCUT2D eigenvalue weighted by Crippen LogP contribution is -2.42. The zero-order chi connectivity index (χ0) is 18.2. The van der Waals surface area contributed by atoms with Gasteiger partial charge in [-0.05, 0) is 24.5 Å². The van der Waals surface area contributed by atoms with Crippen LogP contribution in [0.15, 0.2) is 53.3 Å². The maximum Gasteiger partial charge on any atom is 0.244 e. The van der Waals surface area contributed by atoms with E-state index in [9.17, 15) is 14.0 Å². The van der Waals surface area contributed by atoms with Crippen molar-refractivity contribution in [1.82, 2.24) is 0 Å². The molecule has 3 rings (SSSR count). The summed E-state index contributed by atoms with van der Waals surface area (Å²) >= 11 is 0. The highest BCUT2D eigenvalue weighted by Gasteiger charge is 2.52. The van der Waals surface area contributed by atoms with E-state index in [1.165, 1.54) is 0 Å². The number of alkyl halides is 1. The van der Waals surface area contributed by atoms with Crippen molar-refractivity contribution in [1.29, 1.82) is 0 Å². The summed E-state index contributed by atoms with van der Waals surface area (Å²) in [4.78, 5) is 24.1. The molecule has 6 heteroatoms. The number of halogens is 1. The first-order chi connectivity index (χ1) is 11.9. The van der Waals surface area contributed by atoms with Crippen LogP contribution in [0.4, 0.5) is 4.39 Å². The monoisotopic (exact) mass is 344 g/mol. The number of rotatable bonds is 5. The summed E-state index contributed by atoms with van der Waals surface area (Å²) in [7, 11) is 0. The van der Waals surface area contributed by atoms with Gasteiger partial charge in [0.2, 0.25) is 11.8 Å². The Hall–Kier alpha value is -2.63. The Labute approximate surface area is 145 Å². The molecule has 25 heavy (non-hydrogen) atoms. The molecule has 2 aliphatic rings. The Bertz CT molecular complexity index is 772. The fraction of sp³-hybridized carbons (Fsp3) is 0.368. The molecule has 0 bridgehead atoms. The van der Waals surface area contributed by atoms with Crippen molar-refractivity contribution in [2.75, 3.05) is 6.67 Å². The van der Waals surface area contributed by atoms with E-state index in [0.717, 1.165) is 5.56 Å². The summed E-state index contributed by atoms with van der Waals surface area (Å²) in [5.41, 5.74) is 11.8. The van der Waals surface area contributed by atoms with Gasteiger partial charge in [-0.2, -0.15) is 0 Å². The Kier molecular flexibility index (Phi) is 4.37. The number of ether oxygens (including phenoxy) is 1. The van der Waals surface area contributed by atoms with Crippen LogP contribution in [0, 0.1) is 5.41 Å². The van der Waals surface area contributed by atoms with E-state index in [1.807, 2.05) is 30.3 Å². The zero-order valence-corrected chi connectivity index (χ0v) is 14.0. The topological polar surface area (TPSA) is 95.4 Å². The number of amides is 2. The second-order valence-electron chi connectivity index (χ2n) is 6.49. The molecule has 1 heterocycles. The molecule has 3 atom stereocenters. The van der Waals surface area contributed by atoms with Gasteiger partial charge in [-0.25, -0.2) is 4.39 Å². The molecule has 4 N–H and O–H groups in total. The molecule has 0 radical (unpaired) electrons. The largest absolute Gasteiger partial charge is 0.490 e. The smallest absolute Gasteiger partial charge is 0.244 e. The normalized spacial score (nSPS) is 28.2. The van der Waals surface area contributed by atoms with Crippen LogP contribution < -0.4 is 11.5 Å². The summed E-state index contributed by atoms with van der Waals surface area (Å²) in [6, 6.07) is 9.32. The van der Waals surface area contributed by atoms with E-state index in [1.54, 1.807) is 13.0 Å². The van der Waals surface area contributed by atoms with Gasteiger partial charge in [-0.1, -0.05) is 37.3 Å². The molecular formula is C19H21FN2O3. The highest BCUT2D eigenvalue weighted by molar-refractivity contribution is 5.96. The number of allylic oxidation sites excluding steroid dienone is 1. The van der Waals surface area contributed by atoms with Gasteiger partial charge in [-0.3, -0.25) is 9.59 Å². The number of carbonyl (C=O) groups excluding carboxylic acids is 2. The first-order valence-corrected chi connectivity index (χ1v) is 8.27. The lowest BCUT2D eigenvalue weighted by atomic mass is 9.70. The standard InChI is InChI=1S/C19H21FN2O3/c1-2-19(18(22)24)9-12(17(21)23)8-13-15(11-6-4-3-5-7-11)14(10-20)25-16(13)19/h3-8,14-15H,2,9-10H2,1H3,(H2,21,23)(H2,22,24). The van der Waals surface area contributed by atoms with Crippen molar-refractivity contribution in [3.8, 4) is 0 Å². The maximum atomic E-state index is 13.7. The van der Waals surface area contributed by atoms with Crippen molar-refractivity contribution in [3.05, 3.63) is 58.9 Å². The lowest BCUT2D eigenvalue weighted by molar-refractivity contribution is -0.128. The quantitative estimate of drug-likeness (QED) is 0.856. The number of primary amides is 2. The fourth-order valence-corrected chi connectivity index (χ4v) is 3.81. The molecule has 0 spiro atoms. The van der Waals surface area contributed by atoms with E-state index >= 15 is 0 Å². The van der Waals surface area contributed by atoms with Gasteiger partial charge in [-0.15, -0.1) is 0 Å². The van der Waals surface area contributed by atoms with Gasteiger partial charge in [0, 0.05) is 11.1 Å². The molecule has 1 aromatic carbocycles. The van der Waals surface area contributed by atoms with Gasteiger partial charge in [0.05, 0.1) is 5.92 Å². The zero-order valence-electron chi connectivity index (χ0n) is 14.0. The first kappa shape index (κ1) is 17.2. The predicted molar refractivity (Wildman–Crippen MR) is 90.9 cm³/mol. The van der Waals surface area contributed by atoms with Crippen molar-refractivity contribution < 1.29 is 18.7 Å². The SMILES string of the molecule is CCC1(C(N)=O)CC(C(N)=O)=CC2=C1OC(CF)C2c1ccccc1. The number of carbonyl (C=O) groups is 2. The van der Waals surface area contributed by atoms with E-state index in [4.69, 9.17) is 16.2 Å². The van der Waals surface area contributed by atoms with Crippen LogP contribution in [0.3, 0.4) is 0 Å². The van der Waals surface area contributed by atoms with Gasteiger partial charge >= 0.3 is 0 Å². The van der Waals surface area contributed by atoms with Crippen LogP contribution in [-0.2, 0) is 14.3 Å². The molecular weight excluding hydrogens is 323 g/mol. The molecule has 132 valence electrons. The van der Waals surface area contributed by atoms with Crippen molar-refractivity contribution in [2.45, 2.75) is 31.8 Å². The third-order valence-electron chi connectivity index (χ3n) is 5.20. The number of hydrogen-bond acceptors (Lipinski definition) is 3. The first-order valence-electron chi connectivity index (χ1n) is 8.27. The summed E-state index contributed by atoms with van der Waals surface area (Å²) in [6.07, 6.45) is 1.29. The van der Waals surface area contributed by atoms with Gasteiger partial charge in [0.25, 0.3) is 0 Å². The van der Waals surface area contributed by atoms with Crippen LogP contribution in [-0.4, -0.2) is 24.6 Å². The Morgan fingerprint density at radius 2 is 1.96 bits per heavy atom. The molecule has 0 fully saturated rings.